The average Bonchev–Trinajstić information content (AvgIpc) is 2.70. The van der Waals surface area contributed by atoms with Gasteiger partial charge in [-0.3, -0.25) is 14.2 Å². The second kappa shape index (κ2) is 8.70. The van der Waals surface area contributed by atoms with Gasteiger partial charge in [-0.25, -0.2) is 4.98 Å². The van der Waals surface area contributed by atoms with Crippen molar-refractivity contribution < 1.29 is 18.0 Å². The summed E-state index contributed by atoms with van der Waals surface area (Å²) in [6, 6.07) is 8.82. The minimum Gasteiger partial charge on any atom is -0.350 e. The predicted molar refractivity (Wildman–Crippen MR) is 113 cm³/mol. The highest BCUT2D eigenvalue weighted by Crippen LogP contribution is 2.29. The molecule has 1 aromatic heterocycles. The second-order valence-corrected chi connectivity index (χ2v) is 7.70. The molecule has 0 saturated carbocycles. The lowest BCUT2D eigenvalue weighted by Gasteiger charge is -2.22. The van der Waals surface area contributed by atoms with E-state index >= 15 is 0 Å². The normalized spacial score (nSPS) is 12.7. The van der Waals surface area contributed by atoms with Crippen LogP contribution in [0.5, 0.6) is 0 Å². The summed E-state index contributed by atoms with van der Waals surface area (Å²) in [6.07, 6.45) is -4.84. The molecule has 0 radical (unpaired) electrons. The lowest BCUT2D eigenvalue weighted by molar-refractivity contribution is -0.142. The number of aryl methyl sites for hydroxylation is 2. The lowest BCUT2D eigenvalue weighted by atomic mass is 10.1. The van der Waals surface area contributed by atoms with Gasteiger partial charge in [0.15, 0.2) is 0 Å². The van der Waals surface area contributed by atoms with Crippen LogP contribution in [0.15, 0.2) is 41.2 Å². The number of carbonyl (C=O) groups is 1. The molecule has 1 atom stereocenters. The van der Waals surface area contributed by atoms with Gasteiger partial charge in [0, 0.05) is 11.6 Å². The predicted octanol–water partition coefficient (Wildman–Crippen LogP) is 4.95. The van der Waals surface area contributed by atoms with E-state index in [2.05, 4.69) is 10.3 Å². The van der Waals surface area contributed by atoms with Crippen LogP contribution in [0.25, 0.3) is 11.0 Å². The zero-order valence-corrected chi connectivity index (χ0v) is 17.9. The Hall–Kier alpha value is -2.87. The highest BCUT2D eigenvalue weighted by Gasteiger charge is 2.38. The number of fused-ring (bicyclic) bond motifs is 1. The molecule has 3 aromatic rings. The second-order valence-electron chi connectivity index (χ2n) is 7.29. The number of hydrogen-bond donors (Lipinski definition) is 1. The number of nitrogens with one attached hydrogen (secondary N) is 1. The van der Waals surface area contributed by atoms with Crippen molar-refractivity contribution in [3.05, 3.63) is 74.2 Å². The maximum absolute atomic E-state index is 13.5. The lowest BCUT2D eigenvalue weighted by Crippen LogP contribution is -2.40. The highest BCUT2D eigenvalue weighted by molar-refractivity contribution is 6.31. The number of aromatic nitrogens is 2. The summed E-state index contributed by atoms with van der Waals surface area (Å²) in [7, 11) is 0. The summed E-state index contributed by atoms with van der Waals surface area (Å²) >= 11 is 6.10. The van der Waals surface area contributed by atoms with E-state index in [1.165, 1.54) is 6.07 Å². The fourth-order valence-electron chi connectivity index (χ4n) is 3.38. The van der Waals surface area contributed by atoms with Crippen molar-refractivity contribution in [1.29, 1.82) is 0 Å². The third-order valence-electron chi connectivity index (χ3n) is 5.18. The largest absolute Gasteiger partial charge is 0.438 e. The molecule has 0 aliphatic carbocycles. The maximum Gasteiger partial charge on any atom is 0.438 e. The number of carbonyl (C=O) groups excluding carboxylic acids is 1. The average molecular weight is 452 g/mol. The van der Waals surface area contributed by atoms with Gasteiger partial charge >= 0.3 is 6.18 Å². The van der Waals surface area contributed by atoms with Gasteiger partial charge in [0.25, 0.3) is 5.56 Å². The first-order chi connectivity index (χ1) is 14.5. The maximum atomic E-state index is 13.5. The van der Waals surface area contributed by atoms with Gasteiger partial charge in [-0.1, -0.05) is 36.7 Å². The standard InChI is InChI=1S/C22H21ClF3N3O2/c1-4-17(20(30)27-11-14-7-5-6-8-15(14)23)29-18-10-13(3)12(2)9-16(18)28-19(21(29)31)22(24,25)26/h5-10,17H,4,11H2,1-3H3,(H,27,30)/t17-/m1/s1. The third-order valence-corrected chi connectivity index (χ3v) is 5.55. The van der Waals surface area contributed by atoms with Crippen LogP contribution in [0, 0.1) is 13.8 Å². The first kappa shape index (κ1) is 22.8. The van der Waals surface area contributed by atoms with Crippen LogP contribution in [0.3, 0.4) is 0 Å². The van der Waals surface area contributed by atoms with Crippen LogP contribution in [-0.4, -0.2) is 15.5 Å². The van der Waals surface area contributed by atoms with Gasteiger partial charge in [0.1, 0.15) is 6.04 Å². The van der Waals surface area contributed by atoms with Crippen LogP contribution >= 0.6 is 11.6 Å². The molecule has 0 saturated heterocycles. The van der Waals surface area contributed by atoms with E-state index in [0.29, 0.717) is 10.6 Å². The molecule has 31 heavy (non-hydrogen) atoms. The van der Waals surface area contributed by atoms with E-state index in [0.717, 1.165) is 15.7 Å². The minimum atomic E-state index is -4.95. The van der Waals surface area contributed by atoms with Crippen LogP contribution in [-0.2, 0) is 17.5 Å². The number of amides is 1. The van der Waals surface area contributed by atoms with Crippen LogP contribution in [0.1, 0.15) is 41.8 Å². The van der Waals surface area contributed by atoms with E-state index in [1.807, 2.05) is 0 Å². The third kappa shape index (κ3) is 4.58. The summed E-state index contributed by atoms with van der Waals surface area (Å²) in [5.41, 5.74) is -0.540. The fraction of sp³-hybridized carbons (Fsp3) is 0.318. The van der Waals surface area contributed by atoms with Crippen molar-refractivity contribution in [3.8, 4) is 0 Å². The van der Waals surface area contributed by atoms with Gasteiger partial charge in [0.2, 0.25) is 11.6 Å². The molecule has 0 fully saturated rings. The molecule has 2 aromatic carbocycles. The van der Waals surface area contributed by atoms with E-state index in [-0.39, 0.29) is 24.0 Å². The molecular formula is C22H21ClF3N3O2. The van der Waals surface area contributed by atoms with Crippen molar-refractivity contribution >= 4 is 28.5 Å². The molecule has 164 valence electrons. The summed E-state index contributed by atoms with van der Waals surface area (Å²) in [4.78, 5) is 29.4. The molecule has 0 bridgehead atoms. The number of rotatable bonds is 5. The van der Waals surface area contributed by atoms with Gasteiger partial charge < -0.3 is 5.32 Å². The first-order valence-electron chi connectivity index (χ1n) is 9.66. The number of nitrogens with zero attached hydrogens (tertiary/aromatic N) is 2. The Morgan fingerprint density at radius 1 is 1.19 bits per heavy atom. The number of hydrogen-bond acceptors (Lipinski definition) is 3. The Morgan fingerprint density at radius 3 is 2.45 bits per heavy atom. The zero-order chi connectivity index (χ0) is 22.9. The molecular weight excluding hydrogens is 431 g/mol. The van der Waals surface area contributed by atoms with Gasteiger partial charge in [-0.2, -0.15) is 13.2 Å². The number of halogens is 4. The SMILES string of the molecule is CC[C@H](C(=O)NCc1ccccc1Cl)n1c(=O)c(C(F)(F)F)nc2cc(C)c(C)cc21. The van der Waals surface area contributed by atoms with E-state index in [9.17, 15) is 22.8 Å². The van der Waals surface area contributed by atoms with E-state index in [1.54, 1.807) is 51.1 Å². The highest BCUT2D eigenvalue weighted by atomic mass is 35.5. The van der Waals surface area contributed by atoms with E-state index < -0.39 is 29.4 Å². The summed E-state index contributed by atoms with van der Waals surface area (Å²) in [6.45, 7) is 5.23. The number of benzene rings is 2. The molecule has 0 aliphatic rings. The Labute approximate surface area is 181 Å². The smallest absolute Gasteiger partial charge is 0.350 e. The molecule has 1 heterocycles. The van der Waals surface area contributed by atoms with Crippen molar-refractivity contribution in [2.45, 2.75) is 46.0 Å². The van der Waals surface area contributed by atoms with Gasteiger partial charge in [0.05, 0.1) is 11.0 Å². The fourth-order valence-corrected chi connectivity index (χ4v) is 3.58. The Balaban J connectivity index is 2.12. The van der Waals surface area contributed by atoms with Crippen molar-refractivity contribution in [1.82, 2.24) is 14.9 Å². The van der Waals surface area contributed by atoms with Crippen LogP contribution in [0.2, 0.25) is 5.02 Å². The molecule has 0 spiro atoms. The van der Waals surface area contributed by atoms with Crippen LogP contribution < -0.4 is 10.9 Å². The zero-order valence-electron chi connectivity index (χ0n) is 17.2. The first-order valence-corrected chi connectivity index (χ1v) is 10.0. The number of alkyl halides is 3. The Bertz CT molecular complexity index is 1210. The van der Waals surface area contributed by atoms with Crippen LogP contribution in [0.4, 0.5) is 13.2 Å². The summed E-state index contributed by atoms with van der Waals surface area (Å²) in [5, 5.41) is 3.13. The van der Waals surface area contributed by atoms with Crippen molar-refractivity contribution in [3.63, 3.8) is 0 Å². The Kier molecular flexibility index (Phi) is 6.40. The monoisotopic (exact) mass is 451 g/mol. The van der Waals surface area contributed by atoms with Crippen molar-refractivity contribution in [2.75, 3.05) is 0 Å². The molecule has 3 rings (SSSR count). The Morgan fingerprint density at radius 2 is 1.84 bits per heavy atom. The summed E-state index contributed by atoms with van der Waals surface area (Å²) < 4.78 is 41.5. The molecule has 1 amide bonds. The molecule has 9 heteroatoms. The van der Waals surface area contributed by atoms with Crippen molar-refractivity contribution in [2.24, 2.45) is 0 Å². The molecule has 5 nitrogen and oxygen atoms in total. The minimum absolute atomic E-state index is 0.00683. The van der Waals surface area contributed by atoms with E-state index in [4.69, 9.17) is 11.6 Å². The molecule has 0 unspecified atom stereocenters. The molecule has 0 aliphatic heterocycles. The molecule has 1 N–H and O–H groups in total. The quantitative estimate of drug-likeness (QED) is 0.596. The topological polar surface area (TPSA) is 64.0 Å². The summed E-state index contributed by atoms with van der Waals surface area (Å²) in [5.74, 6) is -0.580. The van der Waals surface area contributed by atoms with Gasteiger partial charge in [-0.05, 0) is 55.2 Å². The van der Waals surface area contributed by atoms with Gasteiger partial charge in [-0.15, -0.1) is 0 Å².